The number of aliphatic carboxylic acids is 1. The fraction of sp³-hybridized carbons (Fsp3) is 0.520. The lowest BCUT2D eigenvalue weighted by atomic mass is 9.94. The number of aromatic nitrogens is 1. The van der Waals surface area contributed by atoms with Crippen molar-refractivity contribution in [3.63, 3.8) is 0 Å². The minimum absolute atomic E-state index is 0.251. The van der Waals surface area contributed by atoms with Crippen molar-refractivity contribution in [2.45, 2.75) is 64.6 Å². The molecule has 1 fully saturated rings. The first-order chi connectivity index (χ1) is 16.4. The van der Waals surface area contributed by atoms with Crippen molar-refractivity contribution < 1.29 is 29.0 Å². The Morgan fingerprint density at radius 2 is 1.80 bits per heavy atom. The Labute approximate surface area is 204 Å². The van der Waals surface area contributed by atoms with Gasteiger partial charge in [0.1, 0.15) is 17.7 Å². The van der Waals surface area contributed by atoms with Crippen molar-refractivity contribution in [3.8, 4) is 0 Å². The number of benzene rings is 1. The van der Waals surface area contributed by atoms with Crippen LogP contribution in [0.3, 0.4) is 0 Å². The van der Waals surface area contributed by atoms with Crippen LogP contribution in [0.15, 0.2) is 30.5 Å². The molecule has 4 N–H and O–H groups in total. The van der Waals surface area contributed by atoms with E-state index in [4.69, 9.17) is 9.84 Å². The number of nitrogens with zero attached hydrogens (tertiary/aromatic N) is 1. The number of para-hydroxylation sites is 1. The van der Waals surface area contributed by atoms with Gasteiger partial charge in [-0.15, -0.1) is 0 Å². The predicted octanol–water partition coefficient (Wildman–Crippen LogP) is 2.43. The minimum Gasteiger partial charge on any atom is -0.480 e. The quantitative estimate of drug-likeness (QED) is 0.474. The molecule has 1 aromatic carbocycles. The van der Waals surface area contributed by atoms with Crippen molar-refractivity contribution >= 4 is 34.8 Å². The van der Waals surface area contributed by atoms with Crippen molar-refractivity contribution in [2.24, 2.45) is 5.92 Å². The van der Waals surface area contributed by atoms with Gasteiger partial charge in [0.2, 0.25) is 11.8 Å². The molecule has 0 aliphatic carbocycles. The van der Waals surface area contributed by atoms with E-state index in [9.17, 15) is 19.2 Å². The number of hydrogen-bond acceptors (Lipinski definition) is 5. The van der Waals surface area contributed by atoms with Crippen LogP contribution < -0.4 is 10.6 Å². The van der Waals surface area contributed by atoms with Gasteiger partial charge in [-0.25, -0.2) is 4.79 Å². The zero-order valence-corrected chi connectivity index (χ0v) is 20.6. The molecule has 3 amide bonds. The highest BCUT2D eigenvalue weighted by atomic mass is 16.6. The molecule has 1 aliphatic rings. The van der Waals surface area contributed by atoms with E-state index in [1.807, 2.05) is 30.5 Å². The Hall–Kier alpha value is -3.56. The number of amides is 3. The zero-order valence-electron chi connectivity index (χ0n) is 20.6. The van der Waals surface area contributed by atoms with Gasteiger partial charge in [0.25, 0.3) is 0 Å². The third kappa shape index (κ3) is 6.97. The third-order valence-electron chi connectivity index (χ3n) is 5.99. The fourth-order valence-corrected chi connectivity index (χ4v) is 4.15. The van der Waals surface area contributed by atoms with Crippen LogP contribution in [-0.4, -0.2) is 69.6 Å². The number of rotatable bonds is 7. The van der Waals surface area contributed by atoms with Crippen LogP contribution in [0.1, 0.15) is 46.1 Å². The summed E-state index contributed by atoms with van der Waals surface area (Å²) in [4.78, 5) is 54.2. The van der Waals surface area contributed by atoms with Crippen LogP contribution in [-0.2, 0) is 25.5 Å². The summed E-state index contributed by atoms with van der Waals surface area (Å²) in [7, 11) is 0. The minimum atomic E-state index is -1.10. The normalized spacial score (nSPS) is 16.4. The Morgan fingerprint density at radius 3 is 2.43 bits per heavy atom. The predicted molar refractivity (Wildman–Crippen MR) is 130 cm³/mol. The van der Waals surface area contributed by atoms with E-state index in [1.165, 1.54) is 6.92 Å². The highest BCUT2D eigenvalue weighted by molar-refractivity contribution is 5.89. The number of piperidine rings is 1. The molecule has 1 aromatic heterocycles. The first-order valence-electron chi connectivity index (χ1n) is 11.8. The number of fused-ring (bicyclic) bond motifs is 1. The standard InChI is InChI=1S/C25H34N4O6/c1-15(23(32)33)27-21(30)16-9-11-29(12-10-16)22(31)20(28-24(34)35-25(2,3)4)13-17-14-26-19-8-6-5-7-18(17)19/h5-8,14-16,20,26H,9-13H2,1-4H3,(H,27,30)(H,28,34)(H,32,33)/t15-,20+/m1/s1. The number of carbonyl (C=O) groups is 4. The molecule has 0 spiro atoms. The summed E-state index contributed by atoms with van der Waals surface area (Å²) in [6.45, 7) is 7.34. The molecule has 1 aliphatic heterocycles. The summed E-state index contributed by atoms with van der Waals surface area (Å²) < 4.78 is 5.39. The number of carboxylic acids is 1. The lowest BCUT2D eigenvalue weighted by molar-refractivity contribution is -0.142. The molecule has 0 radical (unpaired) electrons. The second-order valence-corrected chi connectivity index (χ2v) is 9.93. The van der Waals surface area contributed by atoms with Crippen LogP contribution >= 0.6 is 0 Å². The summed E-state index contributed by atoms with van der Waals surface area (Å²) in [5.74, 6) is -2.04. The molecule has 10 heteroatoms. The molecule has 0 saturated carbocycles. The Balaban J connectivity index is 1.70. The maximum atomic E-state index is 13.5. The van der Waals surface area contributed by atoms with Gasteiger partial charge in [0.05, 0.1) is 0 Å². The number of carboxylic acid groups (broad SMARTS) is 1. The number of alkyl carbamates (subject to hydrolysis) is 1. The topological polar surface area (TPSA) is 141 Å². The first-order valence-corrected chi connectivity index (χ1v) is 11.8. The van der Waals surface area contributed by atoms with E-state index in [0.29, 0.717) is 25.9 Å². The lowest BCUT2D eigenvalue weighted by Gasteiger charge is -2.34. The second kappa shape index (κ2) is 10.8. The van der Waals surface area contributed by atoms with E-state index in [1.54, 1.807) is 25.7 Å². The second-order valence-electron chi connectivity index (χ2n) is 9.93. The number of ether oxygens (including phenoxy) is 1. The van der Waals surface area contributed by atoms with Crippen molar-refractivity contribution in [3.05, 3.63) is 36.0 Å². The Kier molecular flexibility index (Phi) is 8.03. The molecule has 2 heterocycles. The molecule has 190 valence electrons. The van der Waals surface area contributed by atoms with Gasteiger partial charge in [-0.3, -0.25) is 14.4 Å². The van der Waals surface area contributed by atoms with Gasteiger partial charge in [0.15, 0.2) is 0 Å². The molecule has 2 aromatic rings. The highest BCUT2D eigenvalue weighted by Crippen LogP contribution is 2.22. The summed E-state index contributed by atoms with van der Waals surface area (Å²) in [6, 6.07) is 5.92. The van der Waals surface area contributed by atoms with Gasteiger partial charge < -0.3 is 30.4 Å². The molecule has 2 atom stereocenters. The van der Waals surface area contributed by atoms with Crippen LogP contribution in [0.2, 0.25) is 0 Å². The van der Waals surface area contributed by atoms with Crippen molar-refractivity contribution in [2.75, 3.05) is 13.1 Å². The number of nitrogens with one attached hydrogen (secondary N) is 3. The molecule has 0 unspecified atom stereocenters. The van der Waals surface area contributed by atoms with Crippen LogP contribution in [0.4, 0.5) is 4.79 Å². The van der Waals surface area contributed by atoms with Gasteiger partial charge in [-0.05, 0) is 52.2 Å². The molecule has 3 rings (SSSR count). The van der Waals surface area contributed by atoms with Crippen molar-refractivity contribution in [1.82, 2.24) is 20.5 Å². The molecule has 1 saturated heterocycles. The smallest absolute Gasteiger partial charge is 0.408 e. The molecule has 10 nitrogen and oxygen atoms in total. The number of H-pyrrole nitrogens is 1. The van der Waals surface area contributed by atoms with Crippen molar-refractivity contribution in [1.29, 1.82) is 0 Å². The van der Waals surface area contributed by atoms with E-state index in [0.717, 1.165) is 16.5 Å². The number of likely N-dealkylation sites (tertiary alicyclic amines) is 1. The van der Waals surface area contributed by atoms with E-state index < -0.39 is 29.7 Å². The maximum absolute atomic E-state index is 13.5. The Morgan fingerprint density at radius 1 is 1.14 bits per heavy atom. The van der Waals surface area contributed by atoms with Crippen LogP contribution in [0.5, 0.6) is 0 Å². The lowest BCUT2D eigenvalue weighted by Crippen LogP contribution is -2.53. The van der Waals surface area contributed by atoms with Gasteiger partial charge in [-0.2, -0.15) is 0 Å². The van der Waals surface area contributed by atoms with Gasteiger partial charge >= 0.3 is 12.1 Å². The van der Waals surface area contributed by atoms with Crippen LogP contribution in [0.25, 0.3) is 10.9 Å². The molecular formula is C25H34N4O6. The van der Waals surface area contributed by atoms with E-state index in [2.05, 4.69) is 15.6 Å². The number of aromatic amines is 1. The molecule has 0 bridgehead atoms. The fourth-order valence-electron chi connectivity index (χ4n) is 4.15. The average Bonchev–Trinajstić information content (AvgIpc) is 3.19. The summed E-state index contributed by atoms with van der Waals surface area (Å²) in [5, 5.41) is 15.2. The zero-order chi connectivity index (χ0) is 25.8. The molecule has 35 heavy (non-hydrogen) atoms. The Bertz CT molecular complexity index is 1080. The summed E-state index contributed by atoms with van der Waals surface area (Å²) in [6.07, 6.45) is 2.26. The SMILES string of the molecule is C[C@@H](NC(=O)C1CCN(C(=O)[C@H](Cc2c[nH]c3ccccc23)NC(=O)OC(C)(C)C)CC1)C(=O)O. The summed E-state index contributed by atoms with van der Waals surface area (Å²) >= 11 is 0. The van der Waals surface area contributed by atoms with Gasteiger partial charge in [0, 0.05) is 42.5 Å². The van der Waals surface area contributed by atoms with Crippen LogP contribution in [0, 0.1) is 5.92 Å². The third-order valence-corrected chi connectivity index (χ3v) is 5.99. The summed E-state index contributed by atoms with van der Waals surface area (Å²) in [5.41, 5.74) is 1.12. The number of hydrogen-bond donors (Lipinski definition) is 4. The van der Waals surface area contributed by atoms with E-state index in [-0.39, 0.29) is 24.2 Å². The first kappa shape index (κ1) is 26.1. The average molecular weight is 487 g/mol. The monoisotopic (exact) mass is 486 g/mol. The van der Waals surface area contributed by atoms with E-state index >= 15 is 0 Å². The molecular weight excluding hydrogens is 452 g/mol. The van der Waals surface area contributed by atoms with Gasteiger partial charge in [-0.1, -0.05) is 18.2 Å². The largest absolute Gasteiger partial charge is 0.480 e. The number of carbonyl (C=O) groups excluding carboxylic acids is 3. The highest BCUT2D eigenvalue weighted by Gasteiger charge is 2.33. The maximum Gasteiger partial charge on any atom is 0.408 e.